The Morgan fingerprint density at radius 2 is 1.72 bits per heavy atom. The molecule has 5 aliphatic heterocycles. The molecular weight excluding hydrogens is 772 g/mol. The largest absolute Gasteiger partial charge is 0.369 e. The predicted octanol–water partition coefficient (Wildman–Crippen LogP) is 3.78. The maximum atomic E-state index is 15.3. The fourth-order valence-electron chi connectivity index (χ4n) is 8.74. The molecule has 4 aromatic rings. The Morgan fingerprint density at radius 3 is 2.45 bits per heavy atom. The van der Waals surface area contributed by atoms with Gasteiger partial charge in [-0.15, -0.1) is 0 Å². The van der Waals surface area contributed by atoms with Crippen LogP contribution in [0, 0.1) is 5.82 Å². The number of rotatable bonds is 10. The summed E-state index contributed by atoms with van der Waals surface area (Å²) in [6, 6.07) is 19.8. The summed E-state index contributed by atoms with van der Waals surface area (Å²) in [7, 11) is 1.53. The molecule has 2 unspecified atom stereocenters. The minimum absolute atomic E-state index is 0.00685. The third-order valence-corrected chi connectivity index (χ3v) is 11.8. The molecule has 0 spiro atoms. The van der Waals surface area contributed by atoms with Crippen LogP contribution >= 0.6 is 0 Å². The number of aromatic nitrogens is 1. The number of carbonyl (C=O) groups excluding carboxylic acids is 6. The molecule has 0 bridgehead atoms. The minimum atomic E-state index is -1.17. The molecule has 3 atom stereocenters. The lowest BCUT2D eigenvalue weighted by atomic mass is 10.0. The summed E-state index contributed by atoms with van der Waals surface area (Å²) in [6.45, 7) is 3.78. The standard InChI is InChI=1S/C44H41FN8O7/c1-60-39(26-5-3-2-4-6-26)44(59)52-23-28-21-47-37(31(28)24-52)38-33(13-14-46-38)48-40(55)27-7-9-29(10-8-27)51-17-15-50(16-18-51)22-25-19-30-36(32(45)20-25)43(58)53(42(30)57)34-11-12-35(54)49-41(34)56/h2-10,13-14,19-21,34,37,39,46H,11-12,15-18,22-24H2,1H3,(H,48,55)(H,49,54,56)/t34?,37?,39-/m1/s1. The average molecular weight is 813 g/mol. The van der Waals surface area contributed by atoms with Crippen molar-refractivity contribution in [2.24, 2.45) is 4.99 Å². The monoisotopic (exact) mass is 812 g/mol. The van der Waals surface area contributed by atoms with Gasteiger partial charge in [-0.3, -0.25) is 48.9 Å². The molecule has 0 aliphatic carbocycles. The molecule has 0 saturated carbocycles. The number of carbonyl (C=O) groups is 6. The first kappa shape index (κ1) is 38.7. The second-order valence-corrected chi connectivity index (χ2v) is 15.5. The van der Waals surface area contributed by atoms with E-state index in [-0.39, 0.29) is 41.8 Å². The predicted molar refractivity (Wildman–Crippen MR) is 217 cm³/mol. The first-order valence-electron chi connectivity index (χ1n) is 19.8. The lowest BCUT2D eigenvalue weighted by Gasteiger charge is -2.36. The highest BCUT2D eigenvalue weighted by Gasteiger charge is 2.46. The van der Waals surface area contributed by atoms with E-state index in [1.54, 1.807) is 35.5 Å². The van der Waals surface area contributed by atoms with E-state index in [0.717, 1.165) is 33.0 Å². The zero-order chi connectivity index (χ0) is 41.7. The highest BCUT2D eigenvalue weighted by molar-refractivity contribution is 6.23. The van der Waals surface area contributed by atoms with Crippen LogP contribution in [0.2, 0.25) is 0 Å². The van der Waals surface area contributed by atoms with Gasteiger partial charge in [-0.05, 0) is 71.2 Å². The van der Waals surface area contributed by atoms with Crippen molar-refractivity contribution in [2.75, 3.05) is 56.6 Å². The number of fused-ring (bicyclic) bond motifs is 1. The van der Waals surface area contributed by atoms with Gasteiger partial charge in [0.05, 0.1) is 22.5 Å². The number of imide groups is 2. The van der Waals surface area contributed by atoms with Crippen LogP contribution in [0.1, 0.15) is 72.9 Å². The second-order valence-electron chi connectivity index (χ2n) is 15.5. The van der Waals surface area contributed by atoms with Crippen LogP contribution in [0.15, 0.2) is 95.1 Å². The molecule has 306 valence electrons. The quantitative estimate of drug-likeness (QED) is 0.201. The van der Waals surface area contributed by atoms with Gasteiger partial charge in [-0.2, -0.15) is 0 Å². The number of nitrogens with zero attached hydrogens (tertiary/aromatic N) is 5. The zero-order valence-corrected chi connectivity index (χ0v) is 32.7. The summed E-state index contributed by atoms with van der Waals surface area (Å²) in [5, 5.41) is 5.18. The molecule has 9 rings (SSSR count). The number of aromatic amines is 1. The molecule has 6 amide bonds. The van der Waals surface area contributed by atoms with Gasteiger partial charge in [-0.1, -0.05) is 30.3 Å². The van der Waals surface area contributed by atoms with E-state index in [0.29, 0.717) is 62.6 Å². The Bertz CT molecular complexity index is 2490. The van der Waals surface area contributed by atoms with Gasteiger partial charge in [0.2, 0.25) is 11.8 Å². The van der Waals surface area contributed by atoms with E-state index in [4.69, 9.17) is 9.73 Å². The van der Waals surface area contributed by atoms with Gasteiger partial charge < -0.3 is 24.8 Å². The molecule has 6 heterocycles. The first-order valence-corrected chi connectivity index (χ1v) is 19.8. The third-order valence-electron chi connectivity index (χ3n) is 11.8. The van der Waals surface area contributed by atoms with Crippen LogP contribution in [0.4, 0.5) is 15.8 Å². The smallest absolute Gasteiger partial charge is 0.265 e. The molecule has 60 heavy (non-hydrogen) atoms. The first-order chi connectivity index (χ1) is 29.1. The fraction of sp³-hybridized carbons (Fsp3) is 0.295. The number of hydrogen-bond donors (Lipinski definition) is 3. The van der Waals surface area contributed by atoms with Crippen LogP contribution in [-0.4, -0.2) is 114 Å². The van der Waals surface area contributed by atoms with Crippen molar-refractivity contribution in [3.05, 3.63) is 129 Å². The van der Waals surface area contributed by atoms with Crippen LogP contribution in [0.5, 0.6) is 0 Å². The van der Waals surface area contributed by atoms with Crippen LogP contribution in [0.3, 0.4) is 0 Å². The molecule has 1 aromatic heterocycles. The third kappa shape index (κ3) is 7.06. The number of amides is 6. The lowest BCUT2D eigenvalue weighted by Crippen LogP contribution is -2.54. The number of nitrogens with one attached hydrogen (secondary N) is 3. The molecule has 0 radical (unpaired) electrons. The summed E-state index contributed by atoms with van der Waals surface area (Å²) in [5.74, 6) is -4.07. The molecule has 5 aliphatic rings. The van der Waals surface area contributed by atoms with Gasteiger partial charge in [-0.25, -0.2) is 4.39 Å². The van der Waals surface area contributed by atoms with Crippen molar-refractivity contribution in [3.63, 3.8) is 0 Å². The Morgan fingerprint density at radius 1 is 0.950 bits per heavy atom. The number of piperazine rings is 1. The Balaban J connectivity index is 0.788. The average Bonchev–Trinajstić information content (AvgIpc) is 4.03. The fourth-order valence-corrected chi connectivity index (χ4v) is 8.74. The molecule has 15 nitrogen and oxygen atoms in total. The molecule has 3 N–H and O–H groups in total. The normalized spacial score (nSPS) is 20.8. The molecule has 2 fully saturated rings. The number of piperidine rings is 1. The Labute approximate surface area is 343 Å². The molecule has 16 heteroatoms. The Kier molecular flexibility index (Phi) is 10.2. The summed E-state index contributed by atoms with van der Waals surface area (Å²) in [4.78, 5) is 92.2. The van der Waals surface area contributed by atoms with Gasteiger partial charge in [0, 0.05) is 83.0 Å². The van der Waals surface area contributed by atoms with E-state index in [1.807, 2.05) is 42.5 Å². The summed E-state index contributed by atoms with van der Waals surface area (Å²) in [6.07, 6.45) is 2.83. The van der Waals surface area contributed by atoms with Gasteiger partial charge >= 0.3 is 0 Å². The van der Waals surface area contributed by atoms with Crippen molar-refractivity contribution in [1.29, 1.82) is 0 Å². The number of anilines is 2. The van der Waals surface area contributed by atoms with Crippen molar-refractivity contribution >= 4 is 53.0 Å². The van der Waals surface area contributed by atoms with Crippen LogP contribution < -0.4 is 15.5 Å². The maximum Gasteiger partial charge on any atom is 0.265 e. The number of halogens is 1. The maximum absolute atomic E-state index is 15.3. The number of benzene rings is 3. The van der Waals surface area contributed by atoms with Crippen molar-refractivity contribution < 1.29 is 37.9 Å². The Hall–Kier alpha value is -6.78. The number of aliphatic imine (C=N–C) groups is 1. The van der Waals surface area contributed by atoms with Crippen LogP contribution in [0.25, 0.3) is 0 Å². The number of methoxy groups -OCH3 is 1. The number of ether oxygens (including phenoxy) is 1. The molecule has 2 saturated heterocycles. The number of hydrogen-bond acceptors (Lipinski definition) is 10. The summed E-state index contributed by atoms with van der Waals surface area (Å²) >= 11 is 0. The van der Waals surface area contributed by atoms with E-state index < -0.39 is 41.6 Å². The summed E-state index contributed by atoms with van der Waals surface area (Å²) < 4.78 is 20.9. The molecular formula is C44H41FN8O7. The van der Waals surface area contributed by atoms with Crippen molar-refractivity contribution in [1.82, 2.24) is 25.0 Å². The summed E-state index contributed by atoms with van der Waals surface area (Å²) in [5.41, 5.74) is 5.62. The van der Waals surface area contributed by atoms with Crippen molar-refractivity contribution in [3.8, 4) is 0 Å². The number of H-pyrrole nitrogens is 1. The zero-order valence-electron chi connectivity index (χ0n) is 32.7. The van der Waals surface area contributed by atoms with E-state index in [2.05, 4.69) is 25.4 Å². The topological polar surface area (TPSA) is 177 Å². The molecule has 3 aromatic carbocycles. The van der Waals surface area contributed by atoms with Crippen LogP contribution in [-0.2, 0) is 25.7 Å². The lowest BCUT2D eigenvalue weighted by molar-refractivity contribution is -0.141. The van der Waals surface area contributed by atoms with E-state index in [1.165, 1.54) is 19.2 Å². The highest BCUT2D eigenvalue weighted by Crippen LogP contribution is 2.40. The van der Waals surface area contributed by atoms with E-state index in [9.17, 15) is 28.8 Å². The highest BCUT2D eigenvalue weighted by atomic mass is 19.1. The van der Waals surface area contributed by atoms with Gasteiger partial charge in [0.15, 0.2) is 6.10 Å². The van der Waals surface area contributed by atoms with Crippen molar-refractivity contribution in [2.45, 2.75) is 37.6 Å². The van der Waals surface area contributed by atoms with Gasteiger partial charge in [0.25, 0.3) is 23.6 Å². The SMILES string of the molecule is CO[C@@H](C(=O)N1CC2=C(C1)C(c1[nH]ccc1NC(=O)c1ccc(N3CCN(Cc4cc(F)c5c(c4)C(=O)N(C4CCC(=O)NC4=O)C5=O)CC3)cc1)N=C2)c1ccccc1. The van der Waals surface area contributed by atoms with E-state index >= 15 is 4.39 Å². The van der Waals surface area contributed by atoms with Gasteiger partial charge in [0.1, 0.15) is 17.9 Å². The minimum Gasteiger partial charge on any atom is -0.369 e. The second kappa shape index (κ2) is 15.8.